The summed E-state index contributed by atoms with van der Waals surface area (Å²) in [5.41, 5.74) is 3.88. The summed E-state index contributed by atoms with van der Waals surface area (Å²) in [6, 6.07) is 13.0. The number of carbonyl (C=O) groups is 1. The van der Waals surface area contributed by atoms with Crippen LogP contribution in [0.15, 0.2) is 40.9 Å². The van der Waals surface area contributed by atoms with E-state index < -0.39 is 9.84 Å². The molecule has 5 rings (SSSR count). The lowest BCUT2D eigenvalue weighted by Crippen LogP contribution is -2.32. The molecule has 1 aromatic heterocycles. The Kier molecular flexibility index (Phi) is 6.04. The molecule has 186 valence electrons. The maximum absolute atomic E-state index is 12.6. The summed E-state index contributed by atoms with van der Waals surface area (Å²) < 4.78 is 34.7. The van der Waals surface area contributed by atoms with E-state index in [0.29, 0.717) is 41.4 Å². The molecule has 2 atom stereocenters. The predicted molar refractivity (Wildman–Crippen MR) is 132 cm³/mol. The Morgan fingerprint density at radius 1 is 1.25 bits per heavy atom. The van der Waals surface area contributed by atoms with Gasteiger partial charge in [-0.15, -0.1) is 0 Å². The van der Waals surface area contributed by atoms with Crippen molar-refractivity contribution in [2.24, 2.45) is 5.92 Å². The Labute approximate surface area is 209 Å². The number of nitriles is 1. The zero-order valence-corrected chi connectivity index (χ0v) is 21.1. The molecule has 0 saturated carbocycles. The molecule has 2 aromatic carbocycles. The fourth-order valence-corrected chi connectivity index (χ4v) is 5.66. The van der Waals surface area contributed by atoms with Gasteiger partial charge in [-0.3, -0.25) is 4.79 Å². The Bertz CT molecular complexity index is 1490. The number of hydrogen-bond donors (Lipinski definition) is 0. The maximum atomic E-state index is 12.6. The minimum atomic E-state index is -3.18. The largest absolute Gasteiger partial charge is 0.490 e. The van der Waals surface area contributed by atoms with Crippen LogP contribution < -0.4 is 4.74 Å². The molecule has 10 heteroatoms. The minimum Gasteiger partial charge on any atom is -0.490 e. The fraction of sp³-hybridized carbons (Fsp3) is 0.385. The van der Waals surface area contributed by atoms with Crippen molar-refractivity contribution in [1.82, 2.24) is 15.0 Å². The number of sulfone groups is 1. The number of benzene rings is 2. The Balaban J connectivity index is 1.45. The average molecular weight is 507 g/mol. The van der Waals surface area contributed by atoms with Crippen molar-refractivity contribution in [3.8, 4) is 34.7 Å². The number of hydrogen-bond acceptors (Lipinski definition) is 8. The van der Waals surface area contributed by atoms with E-state index in [-0.39, 0.29) is 36.3 Å². The van der Waals surface area contributed by atoms with Crippen LogP contribution in [0.5, 0.6) is 5.75 Å². The standard InChI is InChI=1S/C26H26N4O5S/c1-15(2)34-22-8-7-16(11-18(22)14-27)26-28-25(29-35-26)20-6-4-5-19-21(20)12-17-13-23(31)30(24(17)19)9-10-36(3,32)33/h4-8,11,15,17,24H,9-10,12-13H2,1-3H3/t17-,24+/m0/s1. The maximum Gasteiger partial charge on any atom is 0.258 e. The summed E-state index contributed by atoms with van der Waals surface area (Å²) in [4.78, 5) is 18.9. The van der Waals surface area contributed by atoms with Gasteiger partial charge in [-0.05, 0) is 55.5 Å². The smallest absolute Gasteiger partial charge is 0.258 e. The molecule has 1 fully saturated rings. The molecule has 1 saturated heterocycles. The number of nitrogens with zero attached hydrogens (tertiary/aromatic N) is 4. The number of carbonyl (C=O) groups excluding carboxylic acids is 1. The summed E-state index contributed by atoms with van der Waals surface area (Å²) in [5.74, 6) is 1.24. The number of likely N-dealkylation sites (tertiary alicyclic amines) is 1. The van der Waals surface area contributed by atoms with E-state index in [1.54, 1.807) is 23.1 Å². The van der Waals surface area contributed by atoms with Crippen molar-refractivity contribution in [3.05, 3.63) is 53.1 Å². The van der Waals surface area contributed by atoms with Crippen LogP contribution in [0.4, 0.5) is 0 Å². The van der Waals surface area contributed by atoms with Crippen LogP contribution in [-0.4, -0.2) is 54.0 Å². The summed E-state index contributed by atoms with van der Waals surface area (Å²) in [6.45, 7) is 3.98. The fourth-order valence-electron chi connectivity index (χ4n) is 5.13. The number of aromatic nitrogens is 2. The van der Waals surface area contributed by atoms with Gasteiger partial charge in [0.1, 0.15) is 21.7 Å². The average Bonchev–Trinajstić information content (AvgIpc) is 3.51. The van der Waals surface area contributed by atoms with Crippen LogP contribution in [0.2, 0.25) is 0 Å². The second-order valence-corrected chi connectivity index (χ2v) is 11.9. The second-order valence-electron chi connectivity index (χ2n) is 9.62. The van der Waals surface area contributed by atoms with Gasteiger partial charge in [-0.25, -0.2) is 8.42 Å². The van der Waals surface area contributed by atoms with Gasteiger partial charge in [0.2, 0.25) is 11.7 Å². The molecule has 0 unspecified atom stereocenters. The topological polar surface area (TPSA) is 126 Å². The van der Waals surface area contributed by atoms with Gasteiger partial charge in [0.15, 0.2) is 0 Å². The van der Waals surface area contributed by atoms with E-state index in [2.05, 4.69) is 16.2 Å². The summed E-state index contributed by atoms with van der Waals surface area (Å²) in [7, 11) is -3.18. The molecule has 1 aliphatic heterocycles. The third kappa shape index (κ3) is 4.46. The van der Waals surface area contributed by atoms with Gasteiger partial charge in [-0.1, -0.05) is 23.4 Å². The molecule has 9 nitrogen and oxygen atoms in total. The van der Waals surface area contributed by atoms with Crippen LogP contribution in [0.3, 0.4) is 0 Å². The highest BCUT2D eigenvalue weighted by molar-refractivity contribution is 7.90. The van der Waals surface area contributed by atoms with Gasteiger partial charge < -0.3 is 14.2 Å². The van der Waals surface area contributed by atoms with Crippen LogP contribution in [0.25, 0.3) is 22.8 Å². The molecule has 36 heavy (non-hydrogen) atoms. The summed E-state index contributed by atoms with van der Waals surface area (Å²) >= 11 is 0. The number of ether oxygens (including phenoxy) is 1. The van der Waals surface area contributed by atoms with Gasteiger partial charge in [0.25, 0.3) is 5.89 Å². The molecular weight excluding hydrogens is 480 g/mol. The molecule has 0 N–H and O–H groups in total. The molecule has 2 heterocycles. The van der Waals surface area contributed by atoms with Crippen molar-refractivity contribution < 1.29 is 22.5 Å². The van der Waals surface area contributed by atoms with Crippen LogP contribution in [-0.2, 0) is 21.1 Å². The highest BCUT2D eigenvalue weighted by Crippen LogP contribution is 2.49. The Hall–Kier alpha value is -3.71. The van der Waals surface area contributed by atoms with E-state index in [0.717, 1.165) is 16.7 Å². The SMILES string of the molecule is CC(C)Oc1ccc(-c2nc(-c3cccc4c3C[C@H]3CC(=O)N(CCS(C)(=O)=O)[C@@H]43)no2)cc1C#N. The van der Waals surface area contributed by atoms with E-state index in [9.17, 15) is 18.5 Å². The van der Waals surface area contributed by atoms with Crippen molar-refractivity contribution in [3.63, 3.8) is 0 Å². The minimum absolute atomic E-state index is 0.00950. The lowest BCUT2D eigenvalue weighted by atomic mass is 10.0. The lowest BCUT2D eigenvalue weighted by molar-refractivity contribution is -0.128. The summed E-state index contributed by atoms with van der Waals surface area (Å²) in [6.07, 6.45) is 2.20. The highest BCUT2D eigenvalue weighted by Gasteiger charge is 2.46. The van der Waals surface area contributed by atoms with Crippen molar-refractivity contribution in [2.45, 2.75) is 38.8 Å². The first kappa shape index (κ1) is 24.0. The second kappa shape index (κ2) is 9.06. The van der Waals surface area contributed by atoms with Crippen LogP contribution in [0, 0.1) is 17.2 Å². The van der Waals surface area contributed by atoms with Gasteiger partial charge in [0, 0.05) is 30.3 Å². The van der Waals surface area contributed by atoms with Gasteiger partial charge in [0.05, 0.1) is 23.5 Å². The molecule has 0 radical (unpaired) electrons. The third-order valence-corrected chi connectivity index (χ3v) is 7.54. The molecule has 2 aliphatic rings. The number of fused-ring (bicyclic) bond motifs is 3. The van der Waals surface area contributed by atoms with Crippen LogP contribution >= 0.6 is 0 Å². The van der Waals surface area contributed by atoms with E-state index in [1.807, 2.05) is 32.0 Å². The quantitative estimate of drug-likeness (QED) is 0.476. The zero-order chi connectivity index (χ0) is 25.6. The first-order valence-electron chi connectivity index (χ1n) is 11.8. The first-order valence-corrected chi connectivity index (χ1v) is 13.8. The molecule has 0 bridgehead atoms. The molecule has 3 aromatic rings. The first-order chi connectivity index (χ1) is 17.1. The van der Waals surface area contributed by atoms with E-state index in [1.165, 1.54) is 6.26 Å². The number of amides is 1. The van der Waals surface area contributed by atoms with Crippen LogP contribution in [0.1, 0.15) is 43.0 Å². The van der Waals surface area contributed by atoms with E-state index >= 15 is 0 Å². The van der Waals surface area contributed by atoms with E-state index in [4.69, 9.17) is 9.26 Å². The molecule has 1 amide bonds. The highest BCUT2D eigenvalue weighted by atomic mass is 32.2. The zero-order valence-electron chi connectivity index (χ0n) is 20.3. The molecular formula is C26H26N4O5S. The number of rotatable bonds is 7. The van der Waals surface area contributed by atoms with Gasteiger partial charge >= 0.3 is 0 Å². The normalized spacial score (nSPS) is 18.9. The third-order valence-electron chi connectivity index (χ3n) is 6.62. The summed E-state index contributed by atoms with van der Waals surface area (Å²) in [5, 5.41) is 13.7. The molecule has 1 aliphatic carbocycles. The molecule has 0 spiro atoms. The van der Waals surface area contributed by atoms with Crippen molar-refractivity contribution in [1.29, 1.82) is 5.26 Å². The van der Waals surface area contributed by atoms with Gasteiger partial charge in [-0.2, -0.15) is 10.2 Å². The Morgan fingerprint density at radius 3 is 2.78 bits per heavy atom. The van der Waals surface area contributed by atoms with Crippen molar-refractivity contribution in [2.75, 3.05) is 18.6 Å². The lowest BCUT2D eigenvalue weighted by Gasteiger charge is -2.25. The monoisotopic (exact) mass is 506 g/mol. The predicted octanol–water partition coefficient (Wildman–Crippen LogP) is 3.55. The van der Waals surface area contributed by atoms with Crippen molar-refractivity contribution >= 4 is 15.7 Å². The Morgan fingerprint density at radius 2 is 2.06 bits per heavy atom.